The third-order valence-electron chi connectivity index (χ3n) is 6.26. The second kappa shape index (κ2) is 6.59. The van der Waals surface area contributed by atoms with Gasteiger partial charge in [0.2, 0.25) is 0 Å². The van der Waals surface area contributed by atoms with E-state index in [9.17, 15) is 5.11 Å². The Kier molecular flexibility index (Phi) is 4.43. The van der Waals surface area contributed by atoms with Gasteiger partial charge in [-0.15, -0.1) is 0 Å². The molecule has 0 aliphatic carbocycles. The molecule has 0 saturated carbocycles. The summed E-state index contributed by atoms with van der Waals surface area (Å²) in [4.78, 5) is 2.67. The van der Waals surface area contributed by atoms with Crippen LogP contribution in [0.4, 0.5) is 0 Å². The molecule has 1 N–H and O–H groups in total. The van der Waals surface area contributed by atoms with Crippen molar-refractivity contribution in [2.75, 3.05) is 0 Å². The minimum absolute atomic E-state index is 0.484. The number of aryl methyl sites for hydroxylation is 2. The van der Waals surface area contributed by atoms with Crippen molar-refractivity contribution in [1.82, 2.24) is 4.90 Å². The molecule has 2 unspecified atom stereocenters. The van der Waals surface area contributed by atoms with E-state index in [2.05, 4.69) is 67.3 Å². The minimum Gasteiger partial charge on any atom is -0.385 e. The Balaban J connectivity index is 1.61. The summed E-state index contributed by atoms with van der Waals surface area (Å²) in [5.74, 6) is 0. The van der Waals surface area contributed by atoms with Crippen LogP contribution in [0.2, 0.25) is 0 Å². The first-order valence-electron chi connectivity index (χ1n) is 9.65. The van der Waals surface area contributed by atoms with Crippen LogP contribution in [-0.4, -0.2) is 22.1 Å². The van der Waals surface area contributed by atoms with Crippen LogP contribution in [0.15, 0.2) is 48.5 Å². The number of nitrogens with zero attached hydrogens (tertiary/aromatic N) is 1. The first-order chi connectivity index (χ1) is 12.0. The number of aliphatic hydroxyl groups is 1. The molecule has 0 aromatic heterocycles. The third kappa shape index (κ3) is 3.26. The van der Waals surface area contributed by atoms with Crippen LogP contribution < -0.4 is 0 Å². The summed E-state index contributed by atoms with van der Waals surface area (Å²) >= 11 is 0. The van der Waals surface area contributed by atoms with Gasteiger partial charge in [0.1, 0.15) is 0 Å². The van der Waals surface area contributed by atoms with E-state index in [1.807, 2.05) is 0 Å². The Hall–Kier alpha value is -1.64. The average molecular weight is 335 g/mol. The number of hydrogen-bond acceptors (Lipinski definition) is 2. The topological polar surface area (TPSA) is 23.5 Å². The van der Waals surface area contributed by atoms with Gasteiger partial charge in [0.05, 0.1) is 5.60 Å². The molecule has 25 heavy (non-hydrogen) atoms. The second-order valence-electron chi connectivity index (χ2n) is 8.15. The van der Waals surface area contributed by atoms with Gasteiger partial charge >= 0.3 is 0 Å². The maximum absolute atomic E-state index is 11.6. The SMILES string of the molecule is Cc1ccc(C)c(C2(O)CC3CCCC(C2)N3Cc2ccccc2)c1. The lowest BCUT2D eigenvalue weighted by molar-refractivity contribution is -0.100. The highest BCUT2D eigenvalue weighted by Gasteiger charge is 2.46. The molecule has 2 bridgehead atoms. The number of hydrogen-bond donors (Lipinski definition) is 1. The highest BCUT2D eigenvalue weighted by atomic mass is 16.3. The van der Waals surface area contributed by atoms with Gasteiger partial charge in [0, 0.05) is 18.6 Å². The molecule has 2 heterocycles. The van der Waals surface area contributed by atoms with Crippen molar-refractivity contribution in [3.63, 3.8) is 0 Å². The van der Waals surface area contributed by atoms with Gasteiger partial charge in [0.25, 0.3) is 0 Å². The quantitative estimate of drug-likeness (QED) is 0.878. The lowest BCUT2D eigenvalue weighted by Gasteiger charge is -2.52. The summed E-state index contributed by atoms with van der Waals surface area (Å²) in [5, 5.41) is 11.6. The fourth-order valence-corrected chi connectivity index (χ4v) is 5.03. The molecule has 132 valence electrons. The molecule has 2 nitrogen and oxygen atoms in total. The molecule has 0 radical (unpaired) electrons. The van der Waals surface area contributed by atoms with Gasteiger partial charge in [-0.3, -0.25) is 4.90 Å². The van der Waals surface area contributed by atoms with Crippen molar-refractivity contribution in [2.24, 2.45) is 0 Å². The zero-order valence-corrected chi connectivity index (χ0v) is 15.4. The van der Waals surface area contributed by atoms with Crippen LogP contribution >= 0.6 is 0 Å². The molecule has 2 heteroatoms. The fraction of sp³-hybridized carbons (Fsp3) is 0.478. The molecular formula is C23H29NO. The zero-order chi connectivity index (χ0) is 17.4. The largest absolute Gasteiger partial charge is 0.385 e. The van der Waals surface area contributed by atoms with Crippen molar-refractivity contribution in [3.05, 3.63) is 70.8 Å². The molecule has 2 aromatic carbocycles. The van der Waals surface area contributed by atoms with E-state index in [0.29, 0.717) is 12.1 Å². The summed E-state index contributed by atoms with van der Waals surface area (Å²) in [6.45, 7) is 5.27. The van der Waals surface area contributed by atoms with E-state index >= 15 is 0 Å². The zero-order valence-electron chi connectivity index (χ0n) is 15.4. The van der Waals surface area contributed by atoms with E-state index in [1.165, 1.54) is 36.0 Å². The molecule has 4 rings (SSSR count). The van der Waals surface area contributed by atoms with E-state index in [4.69, 9.17) is 0 Å². The van der Waals surface area contributed by atoms with E-state index in [-0.39, 0.29) is 0 Å². The predicted molar refractivity (Wildman–Crippen MR) is 102 cm³/mol. The summed E-state index contributed by atoms with van der Waals surface area (Å²) in [6, 6.07) is 18.3. The van der Waals surface area contributed by atoms with Crippen molar-refractivity contribution in [1.29, 1.82) is 0 Å². The Labute approximate surface area is 151 Å². The molecule has 2 atom stereocenters. The van der Waals surface area contributed by atoms with Crippen LogP contribution in [0.1, 0.15) is 54.4 Å². The van der Waals surface area contributed by atoms with Crippen LogP contribution in [0.5, 0.6) is 0 Å². The Morgan fingerprint density at radius 2 is 1.68 bits per heavy atom. The van der Waals surface area contributed by atoms with Crippen LogP contribution in [0.25, 0.3) is 0 Å². The smallest absolute Gasteiger partial charge is 0.0929 e. The number of fused-ring (bicyclic) bond motifs is 2. The molecular weight excluding hydrogens is 306 g/mol. The van der Waals surface area contributed by atoms with Crippen LogP contribution in [0.3, 0.4) is 0 Å². The standard InChI is InChI=1S/C23H29NO/c1-17-11-12-18(2)22(13-17)23(25)14-20-9-6-10-21(15-23)24(20)16-19-7-4-3-5-8-19/h3-5,7-8,11-13,20-21,25H,6,9-10,14-16H2,1-2H3. The van der Waals surface area contributed by atoms with Crippen molar-refractivity contribution in [2.45, 2.75) is 70.2 Å². The first-order valence-corrected chi connectivity index (χ1v) is 9.65. The maximum atomic E-state index is 11.6. The van der Waals surface area contributed by atoms with Gasteiger partial charge in [-0.2, -0.15) is 0 Å². The average Bonchev–Trinajstić information content (AvgIpc) is 2.59. The molecule has 0 spiro atoms. The van der Waals surface area contributed by atoms with Crippen LogP contribution in [-0.2, 0) is 12.1 Å². The fourth-order valence-electron chi connectivity index (χ4n) is 5.03. The first kappa shape index (κ1) is 16.8. The minimum atomic E-state index is -0.668. The lowest BCUT2D eigenvalue weighted by Crippen LogP contribution is -2.56. The number of benzene rings is 2. The lowest BCUT2D eigenvalue weighted by atomic mass is 9.71. The highest BCUT2D eigenvalue weighted by molar-refractivity contribution is 5.36. The van der Waals surface area contributed by atoms with Crippen molar-refractivity contribution < 1.29 is 5.11 Å². The third-order valence-corrected chi connectivity index (χ3v) is 6.26. The maximum Gasteiger partial charge on any atom is 0.0929 e. The van der Waals surface area contributed by atoms with Gasteiger partial charge < -0.3 is 5.11 Å². The van der Waals surface area contributed by atoms with Gasteiger partial charge in [0.15, 0.2) is 0 Å². The number of rotatable bonds is 3. The van der Waals surface area contributed by atoms with E-state index in [1.54, 1.807) is 0 Å². The summed E-state index contributed by atoms with van der Waals surface area (Å²) < 4.78 is 0. The molecule has 2 aliphatic heterocycles. The molecule has 2 saturated heterocycles. The monoisotopic (exact) mass is 335 g/mol. The highest BCUT2D eigenvalue weighted by Crippen LogP contribution is 2.45. The van der Waals surface area contributed by atoms with Gasteiger partial charge in [-0.1, -0.05) is 60.5 Å². The molecule has 0 amide bonds. The van der Waals surface area contributed by atoms with Gasteiger partial charge in [-0.25, -0.2) is 0 Å². The summed E-state index contributed by atoms with van der Waals surface area (Å²) in [7, 11) is 0. The normalized spacial score (nSPS) is 29.6. The molecule has 2 aromatic rings. The summed E-state index contributed by atoms with van der Waals surface area (Å²) in [5.41, 5.74) is 4.34. The van der Waals surface area contributed by atoms with Crippen LogP contribution in [0, 0.1) is 13.8 Å². The summed E-state index contributed by atoms with van der Waals surface area (Å²) in [6.07, 6.45) is 5.43. The van der Waals surface area contributed by atoms with Gasteiger partial charge in [-0.05, 0) is 56.2 Å². The van der Waals surface area contributed by atoms with Crippen molar-refractivity contribution >= 4 is 0 Å². The number of piperidine rings is 2. The Bertz CT molecular complexity index is 725. The molecule has 2 fully saturated rings. The van der Waals surface area contributed by atoms with E-state index in [0.717, 1.165) is 24.9 Å². The second-order valence-corrected chi connectivity index (χ2v) is 8.15. The molecule has 2 aliphatic rings. The Morgan fingerprint density at radius 1 is 1.00 bits per heavy atom. The van der Waals surface area contributed by atoms with E-state index < -0.39 is 5.60 Å². The predicted octanol–water partition coefficient (Wildman–Crippen LogP) is 4.71. The Morgan fingerprint density at radius 3 is 2.36 bits per heavy atom. The van der Waals surface area contributed by atoms with Crippen molar-refractivity contribution in [3.8, 4) is 0 Å².